The van der Waals surface area contributed by atoms with Crippen LogP contribution in [0, 0.1) is 0 Å². The summed E-state index contributed by atoms with van der Waals surface area (Å²) in [6.45, 7) is 0. The van der Waals surface area contributed by atoms with E-state index in [0.29, 0.717) is 16.5 Å². The van der Waals surface area contributed by atoms with E-state index in [1.165, 1.54) is 0 Å². The number of halogens is 1. The Balaban J connectivity index is 1.87. The molecule has 0 bridgehead atoms. The normalized spacial score (nSPS) is 10.5. The third-order valence-corrected chi connectivity index (χ3v) is 3.73. The number of carbonyl (C=O) groups excluding carboxylic acids is 1. The van der Waals surface area contributed by atoms with E-state index < -0.39 is 0 Å². The predicted octanol–water partition coefficient (Wildman–Crippen LogP) is 3.99. The molecule has 1 amide bonds. The Kier molecular flexibility index (Phi) is 3.94. The van der Waals surface area contributed by atoms with Crippen LogP contribution in [0.1, 0.15) is 10.4 Å². The molecule has 0 fully saturated rings. The lowest BCUT2D eigenvalue weighted by molar-refractivity contribution is 0.102. The number of hydrogen-bond donors (Lipinski definition) is 1. The van der Waals surface area contributed by atoms with Crippen LogP contribution in [0.5, 0.6) is 0 Å². The van der Waals surface area contributed by atoms with Crippen molar-refractivity contribution in [3.63, 3.8) is 0 Å². The largest absolute Gasteiger partial charge is 0.313 e. The standard InChI is InChI=1S/C17H14ClN3O/c1-21-15(12-7-3-2-4-8-12)11-19-17(21)20-16(22)13-9-5-6-10-14(13)18/h2-11H,1H3,(H,19,20,22). The molecule has 0 spiro atoms. The second-order valence-electron chi connectivity index (χ2n) is 4.83. The van der Waals surface area contributed by atoms with Crippen LogP contribution in [-0.2, 0) is 7.05 Å². The first-order chi connectivity index (χ1) is 10.7. The van der Waals surface area contributed by atoms with E-state index in [1.54, 1.807) is 30.5 Å². The molecule has 4 nitrogen and oxygen atoms in total. The van der Waals surface area contributed by atoms with Crippen LogP contribution < -0.4 is 5.32 Å². The van der Waals surface area contributed by atoms with Crippen molar-refractivity contribution in [2.75, 3.05) is 5.32 Å². The number of hydrogen-bond acceptors (Lipinski definition) is 2. The molecule has 2 aromatic carbocycles. The van der Waals surface area contributed by atoms with Gasteiger partial charge in [-0.2, -0.15) is 0 Å². The van der Waals surface area contributed by atoms with Crippen LogP contribution in [0.4, 0.5) is 5.95 Å². The first-order valence-corrected chi connectivity index (χ1v) is 7.17. The van der Waals surface area contributed by atoms with E-state index >= 15 is 0 Å². The van der Waals surface area contributed by atoms with E-state index in [0.717, 1.165) is 11.3 Å². The molecule has 110 valence electrons. The van der Waals surface area contributed by atoms with Crippen molar-refractivity contribution in [3.05, 3.63) is 71.4 Å². The number of imidazole rings is 1. The van der Waals surface area contributed by atoms with Gasteiger partial charge in [0.2, 0.25) is 5.95 Å². The zero-order valence-corrected chi connectivity index (χ0v) is 12.7. The lowest BCUT2D eigenvalue weighted by Gasteiger charge is -2.08. The van der Waals surface area contributed by atoms with E-state index in [9.17, 15) is 4.79 Å². The number of nitrogens with one attached hydrogen (secondary N) is 1. The second kappa shape index (κ2) is 6.03. The molecule has 0 aliphatic heterocycles. The molecule has 0 aliphatic carbocycles. The Labute approximate surface area is 133 Å². The van der Waals surface area contributed by atoms with Gasteiger partial charge in [0.05, 0.1) is 22.5 Å². The smallest absolute Gasteiger partial charge is 0.259 e. The predicted molar refractivity (Wildman–Crippen MR) is 88.0 cm³/mol. The Morgan fingerprint density at radius 3 is 2.50 bits per heavy atom. The van der Waals surface area contributed by atoms with E-state index in [2.05, 4.69) is 10.3 Å². The Bertz CT molecular complexity index is 812. The summed E-state index contributed by atoms with van der Waals surface area (Å²) in [6.07, 6.45) is 1.73. The van der Waals surface area contributed by atoms with Gasteiger partial charge in [0, 0.05) is 7.05 Å². The lowest BCUT2D eigenvalue weighted by atomic mass is 10.2. The highest BCUT2D eigenvalue weighted by atomic mass is 35.5. The van der Waals surface area contributed by atoms with Crippen LogP contribution in [0.15, 0.2) is 60.8 Å². The highest BCUT2D eigenvalue weighted by molar-refractivity contribution is 6.34. The summed E-state index contributed by atoms with van der Waals surface area (Å²) in [5, 5.41) is 3.20. The van der Waals surface area contributed by atoms with Gasteiger partial charge in [-0.3, -0.25) is 10.1 Å². The summed E-state index contributed by atoms with van der Waals surface area (Å²) in [5.41, 5.74) is 2.39. The molecule has 1 heterocycles. The maximum Gasteiger partial charge on any atom is 0.259 e. The summed E-state index contributed by atoms with van der Waals surface area (Å²) in [7, 11) is 1.86. The maximum atomic E-state index is 12.3. The third-order valence-electron chi connectivity index (χ3n) is 3.40. The molecule has 1 aromatic heterocycles. The summed E-state index contributed by atoms with van der Waals surface area (Å²) >= 11 is 6.04. The Morgan fingerprint density at radius 1 is 1.09 bits per heavy atom. The number of amides is 1. The van der Waals surface area contributed by atoms with Gasteiger partial charge in [-0.25, -0.2) is 4.98 Å². The first-order valence-electron chi connectivity index (χ1n) is 6.80. The van der Waals surface area contributed by atoms with Crippen molar-refractivity contribution < 1.29 is 4.79 Å². The zero-order valence-electron chi connectivity index (χ0n) is 12.0. The van der Waals surface area contributed by atoms with Gasteiger partial charge in [-0.15, -0.1) is 0 Å². The van der Waals surface area contributed by atoms with Crippen LogP contribution in [0.2, 0.25) is 5.02 Å². The molecule has 0 aliphatic rings. The summed E-state index contributed by atoms with van der Waals surface area (Å²) in [4.78, 5) is 16.6. The average molecular weight is 312 g/mol. The molecule has 0 radical (unpaired) electrons. The molecule has 0 unspecified atom stereocenters. The molecule has 3 aromatic rings. The quantitative estimate of drug-likeness (QED) is 0.795. The monoisotopic (exact) mass is 311 g/mol. The van der Waals surface area contributed by atoms with Crippen molar-refractivity contribution in [1.82, 2.24) is 9.55 Å². The van der Waals surface area contributed by atoms with Gasteiger partial charge in [0.25, 0.3) is 5.91 Å². The van der Waals surface area contributed by atoms with Crippen molar-refractivity contribution in [2.24, 2.45) is 7.05 Å². The van der Waals surface area contributed by atoms with Crippen molar-refractivity contribution in [2.45, 2.75) is 0 Å². The van der Waals surface area contributed by atoms with Gasteiger partial charge in [0.1, 0.15) is 0 Å². The summed E-state index contributed by atoms with van der Waals surface area (Å²) in [6, 6.07) is 16.8. The molecule has 1 N–H and O–H groups in total. The van der Waals surface area contributed by atoms with Gasteiger partial charge in [0.15, 0.2) is 0 Å². The van der Waals surface area contributed by atoms with E-state index in [1.807, 2.05) is 41.9 Å². The maximum absolute atomic E-state index is 12.3. The van der Waals surface area contributed by atoms with Gasteiger partial charge in [-0.05, 0) is 17.7 Å². The fraction of sp³-hybridized carbons (Fsp3) is 0.0588. The number of anilines is 1. The van der Waals surface area contributed by atoms with Crippen LogP contribution in [-0.4, -0.2) is 15.5 Å². The topological polar surface area (TPSA) is 46.9 Å². The van der Waals surface area contributed by atoms with Crippen molar-refractivity contribution >= 4 is 23.5 Å². The van der Waals surface area contributed by atoms with Crippen molar-refractivity contribution in [1.29, 1.82) is 0 Å². The third kappa shape index (κ3) is 2.73. The number of benzene rings is 2. The fourth-order valence-corrected chi connectivity index (χ4v) is 2.44. The highest BCUT2D eigenvalue weighted by Crippen LogP contribution is 2.22. The minimum atomic E-state index is -0.279. The van der Waals surface area contributed by atoms with Crippen molar-refractivity contribution in [3.8, 4) is 11.3 Å². The SMILES string of the molecule is Cn1c(-c2ccccc2)cnc1NC(=O)c1ccccc1Cl. The first kappa shape index (κ1) is 14.4. The minimum Gasteiger partial charge on any atom is -0.313 e. The zero-order chi connectivity index (χ0) is 15.5. The fourth-order valence-electron chi connectivity index (χ4n) is 2.22. The van der Waals surface area contributed by atoms with Gasteiger partial charge in [-0.1, -0.05) is 54.1 Å². The second-order valence-corrected chi connectivity index (χ2v) is 5.23. The molecule has 3 rings (SSSR count). The van der Waals surface area contributed by atoms with Gasteiger partial charge < -0.3 is 4.57 Å². The number of aromatic nitrogens is 2. The van der Waals surface area contributed by atoms with Crippen LogP contribution in [0.25, 0.3) is 11.3 Å². The Morgan fingerprint density at radius 2 is 1.77 bits per heavy atom. The lowest BCUT2D eigenvalue weighted by Crippen LogP contribution is -2.15. The average Bonchev–Trinajstić information content (AvgIpc) is 2.89. The highest BCUT2D eigenvalue weighted by Gasteiger charge is 2.14. The number of carbonyl (C=O) groups is 1. The van der Waals surface area contributed by atoms with E-state index in [-0.39, 0.29) is 5.91 Å². The molecule has 0 saturated heterocycles. The molecule has 0 saturated carbocycles. The van der Waals surface area contributed by atoms with Gasteiger partial charge >= 0.3 is 0 Å². The summed E-state index contributed by atoms with van der Waals surface area (Å²) < 4.78 is 1.84. The van der Waals surface area contributed by atoms with Crippen LogP contribution in [0.3, 0.4) is 0 Å². The number of rotatable bonds is 3. The molecule has 5 heteroatoms. The molecular formula is C17H14ClN3O. The molecule has 0 atom stereocenters. The van der Waals surface area contributed by atoms with E-state index in [4.69, 9.17) is 11.6 Å². The molecule has 22 heavy (non-hydrogen) atoms. The summed E-state index contributed by atoms with van der Waals surface area (Å²) in [5.74, 6) is 0.197. The Hall–Kier alpha value is -2.59. The van der Waals surface area contributed by atoms with Crippen LogP contribution >= 0.6 is 11.6 Å². The number of nitrogens with zero attached hydrogens (tertiary/aromatic N) is 2. The minimum absolute atomic E-state index is 0.279. The molecular weight excluding hydrogens is 298 g/mol.